The van der Waals surface area contributed by atoms with Gasteiger partial charge in [0.15, 0.2) is 0 Å². The highest BCUT2D eigenvalue weighted by Gasteiger charge is 2.14. The lowest BCUT2D eigenvalue weighted by Gasteiger charge is -2.08. The van der Waals surface area contributed by atoms with Crippen molar-refractivity contribution in [2.45, 2.75) is 25.4 Å². The van der Waals surface area contributed by atoms with Crippen LogP contribution < -0.4 is 4.74 Å². The second-order valence-electron chi connectivity index (χ2n) is 4.42. The van der Waals surface area contributed by atoms with Crippen LogP contribution in [0.2, 0.25) is 0 Å². The number of hydrogen-bond acceptors (Lipinski definition) is 5. The van der Waals surface area contributed by atoms with E-state index in [0.29, 0.717) is 12.1 Å². The first-order chi connectivity index (χ1) is 8.83. The summed E-state index contributed by atoms with van der Waals surface area (Å²) in [7, 11) is 0. The van der Waals surface area contributed by atoms with Crippen LogP contribution in [0, 0.1) is 0 Å². The van der Waals surface area contributed by atoms with Gasteiger partial charge in [0.2, 0.25) is 0 Å². The van der Waals surface area contributed by atoms with E-state index in [9.17, 15) is 5.11 Å². The first kappa shape index (κ1) is 11.6. The molecule has 0 fully saturated rings. The third-order valence-corrected chi connectivity index (χ3v) is 3.70. The summed E-state index contributed by atoms with van der Waals surface area (Å²) in [5.74, 6) is 1.00. The number of aromatic nitrogens is 2. The number of rotatable bonds is 4. The zero-order chi connectivity index (χ0) is 12.4. The number of aryl methyl sites for hydroxylation is 1. The highest BCUT2D eigenvalue weighted by atomic mass is 32.1. The van der Waals surface area contributed by atoms with E-state index in [1.165, 1.54) is 22.7 Å². The van der Waals surface area contributed by atoms with E-state index in [0.717, 1.165) is 25.2 Å². The Labute approximate surface area is 109 Å². The normalized spacial score (nSPS) is 15.2. The molecule has 1 aliphatic rings. The van der Waals surface area contributed by atoms with Gasteiger partial charge in [-0.25, -0.2) is 0 Å². The Balaban J connectivity index is 1.63. The molecule has 1 aliphatic heterocycles. The quantitative estimate of drug-likeness (QED) is 0.917. The Bertz CT molecular complexity index is 528. The highest BCUT2D eigenvalue weighted by molar-refractivity contribution is 7.03. The minimum absolute atomic E-state index is 0.520. The summed E-state index contributed by atoms with van der Waals surface area (Å²) in [5, 5.41) is 15.6. The average Bonchev–Trinajstić information content (AvgIpc) is 3.05. The number of benzene rings is 1. The molecule has 1 aromatic carbocycles. The molecule has 5 heteroatoms. The maximum Gasteiger partial charge on any atom is 0.122 e. The lowest BCUT2D eigenvalue weighted by molar-refractivity contribution is 0.163. The van der Waals surface area contributed by atoms with Crippen molar-refractivity contribution in [2.24, 2.45) is 0 Å². The fraction of sp³-hybridized carbons (Fsp3) is 0.385. The van der Waals surface area contributed by atoms with Crippen LogP contribution in [0.1, 0.15) is 29.3 Å². The summed E-state index contributed by atoms with van der Waals surface area (Å²) < 4.78 is 9.23. The first-order valence-corrected chi connectivity index (χ1v) is 6.86. The number of nitrogens with zero attached hydrogens (tertiary/aromatic N) is 2. The monoisotopic (exact) mass is 262 g/mol. The molecule has 18 heavy (non-hydrogen) atoms. The molecule has 0 spiro atoms. The van der Waals surface area contributed by atoms with E-state index >= 15 is 0 Å². The minimum Gasteiger partial charge on any atom is -0.493 e. The molecule has 0 aliphatic carbocycles. The Morgan fingerprint density at radius 1 is 1.44 bits per heavy atom. The van der Waals surface area contributed by atoms with Gasteiger partial charge in [0.25, 0.3) is 0 Å². The van der Waals surface area contributed by atoms with Crippen LogP contribution in [0.15, 0.2) is 23.6 Å². The van der Waals surface area contributed by atoms with Gasteiger partial charge in [-0.1, -0.05) is 16.6 Å². The molecule has 1 atom stereocenters. The molecule has 0 radical (unpaired) electrons. The van der Waals surface area contributed by atoms with Crippen molar-refractivity contribution in [3.05, 3.63) is 40.4 Å². The van der Waals surface area contributed by atoms with Crippen LogP contribution >= 0.6 is 11.5 Å². The van der Waals surface area contributed by atoms with Gasteiger partial charge < -0.3 is 9.84 Å². The summed E-state index contributed by atoms with van der Waals surface area (Å²) >= 11 is 1.27. The van der Waals surface area contributed by atoms with Crippen molar-refractivity contribution in [3.63, 3.8) is 0 Å². The Hall–Kier alpha value is -1.46. The summed E-state index contributed by atoms with van der Waals surface area (Å²) in [4.78, 5) is 0. The van der Waals surface area contributed by atoms with Gasteiger partial charge in [0.05, 0.1) is 12.7 Å². The molecule has 2 heterocycles. The predicted octanol–water partition coefficient (Wildman–Crippen LogP) is 2.14. The van der Waals surface area contributed by atoms with Crippen molar-refractivity contribution in [1.82, 2.24) is 9.59 Å². The van der Waals surface area contributed by atoms with Gasteiger partial charge in [-0.05, 0) is 41.6 Å². The predicted molar refractivity (Wildman–Crippen MR) is 68.8 cm³/mol. The maximum absolute atomic E-state index is 9.94. The highest BCUT2D eigenvalue weighted by Crippen LogP contribution is 2.27. The Morgan fingerprint density at radius 2 is 2.39 bits per heavy atom. The maximum atomic E-state index is 9.94. The molecule has 4 nitrogen and oxygen atoms in total. The van der Waals surface area contributed by atoms with Gasteiger partial charge in [0.1, 0.15) is 11.4 Å². The second kappa shape index (κ2) is 5.04. The van der Waals surface area contributed by atoms with Gasteiger partial charge in [-0.2, -0.15) is 0 Å². The SMILES string of the molecule is OC(CCc1ccc2c(c1)CCO2)c1csnn1. The van der Waals surface area contributed by atoms with E-state index in [4.69, 9.17) is 4.74 Å². The van der Waals surface area contributed by atoms with E-state index in [1.54, 1.807) is 5.38 Å². The van der Waals surface area contributed by atoms with Crippen LogP contribution in [0.5, 0.6) is 5.75 Å². The summed E-state index contributed by atoms with van der Waals surface area (Å²) in [6.07, 6.45) is 1.98. The van der Waals surface area contributed by atoms with Crippen LogP contribution in [0.4, 0.5) is 0 Å². The molecule has 1 aromatic heterocycles. The molecular formula is C13H14N2O2S. The van der Waals surface area contributed by atoms with Crippen molar-refractivity contribution >= 4 is 11.5 Å². The number of aliphatic hydroxyl groups excluding tert-OH is 1. The fourth-order valence-electron chi connectivity index (χ4n) is 2.16. The minimum atomic E-state index is -0.520. The summed E-state index contributed by atoms with van der Waals surface area (Å²) in [6, 6.07) is 6.26. The largest absolute Gasteiger partial charge is 0.493 e. The number of fused-ring (bicyclic) bond motifs is 1. The molecule has 0 bridgehead atoms. The molecule has 3 rings (SSSR count). The second-order valence-corrected chi connectivity index (χ2v) is 5.03. The lowest BCUT2D eigenvalue weighted by atomic mass is 10.0. The van der Waals surface area contributed by atoms with Crippen LogP contribution in [-0.4, -0.2) is 21.3 Å². The summed E-state index contributed by atoms with van der Waals surface area (Å²) in [6.45, 7) is 0.784. The van der Waals surface area contributed by atoms with Crippen molar-refractivity contribution < 1.29 is 9.84 Å². The zero-order valence-electron chi connectivity index (χ0n) is 9.87. The van der Waals surface area contributed by atoms with Crippen molar-refractivity contribution in [1.29, 1.82) is 0 Å². The number of aliphatic hydroxyl groups is 1. The molecule has 0 saturated heterocycles. The van der Waals surface area contributed by atoms with Crippen molar-refractivity contribution in [3.8, 4) is 5.75 Å². The Kier molecular flexibility index (Phi) is 3.25. The van der Waals surface area contributed by atoms with E-state index in [-0.39, 0.29) is 0 Å². The molecule has 1 N–H and O–H groups in total. The molecule has 94 valence electrons. The van der Waals surface area contributed by atoms with Crippen LogP contribution in [0.3, 0.4) is 0 Å². The molecule has 1 unspecified atom stereocenters. The fourth-order valence-corrected chi connectivity index (χ4v) is 2.66. The average molecular weight is 262 g/mol. The lowest BCUT2D eigenvalue weighted by Crippen LogP contribution is -2.00. The van der Waals surface area contributed by atoms with Gasteiger partial charge in [-0.3, -0.25) is 0 Å². The third kappa shape index (κ3) is 2.37. The van der Waals surface area contributed by atoms with E-state index < -0.39 is 6.10 Å². The molecule has 0 saturated carbocycles. The molecular weight excluding hydrogens is 248 g/mol. The summed E-state index contributed by atoms with van der Waals surface area (Å²) in [5.41, 5.74) is 3.18. The molecule has 0 amide bonds. The van der Waals surface area contributed by atoms with E-state index in [1.807, 2.05) is 6.07 Å². The first-order valence-electron chi connectivity index (χ1n) is 6.02. The van der Waals surface area contributed by atoms with Gasteiger partial charge in [0, 0.05) is 11.8 Å². The van der Waals surface area contributed by atoms with Gasteiger partial charge in [-0.15, -0.1) is 5.10 Å². The van der Waals surface area contributed by atoms with Gasteiger partial charge >= 0.3 is 0 Å². The Morgan fingerprint density at radius 3 is 3.22 bits per heavy atom. The number of hydrogen-bond donors (Lipinski definition) is 1. The molecule has 2 aromatic rings. The van der Waals surface area contributed by atoms with Crippen molar-refractivity contribution in [2.75, 3.05) is 6.61 Å². The third-order valence-electron chi connectivity index (χ3n) is 3.18. The number of ether oxygens (including phenoxy) is 1. The topological polar surface area (TPSA) is 55.2 Å². The smallest absolute Gasteiger partial charge is 0.122 e. The van der Waals surface area contributed by atoms with Crippen LogP contribution in [0.25, 0.3) is 0 Å². The standard InChI is InChI=1S/C13H14N2O2S/c16-12(11-8-18-15-14-11)3-1-9-2-4-13-10(7-9)5-6-17-13/h2,4,7-8,12,16H,1,3,5-6H2. The van der Waals surface area contributed by atoms with E-state index in [2.05, 4.69) is 21.7 Å². The van der Waals surface area contributed by atoms with Crippen LogP contribution in [-0.2, 0) is 12.8 Å². The zero-order valence-corrected chi connectivity index (χ0v) is 10.7.